The quantitative estimate of drug-likeness (QED) is 0.640. The van der Waals surface area contributed by atoms with E-state index in [4.69, 9.17) is 0 Å². The molecule has 1 aliphatic rings. The minimum atomic E-state index is -3.22. The second-order valence-corrected chi connectivity index (χ2v) is 9.46. The van der Waals surface area contributed by atoms with Crippen molar-refractivity contribution in [2.24, 2.45) is 11.8 Å². The zero-order valence-corrected chi connectivity index (χ0v) is 17.0. The van der Waals surface area contributed by atoms with E-state index in [1.54, 1.807) is 6.07 Å². The Morgan fingerprint density at radius 1 is 1.27 bits per heavy atom. The van der Waals surface area contributed by atoms with Crippen LogP contribution in [0.4, 0.5) is 4.39 Å². The lowest BCUT2D eigenvalue weighted by Gasteiger charge is -2.37. The summed E-state index contributed by atoms with van der Waals surface area (Å²) in [7, 11) is -1.40. The van der Waals surface area contributed by atoms with E-state index in [-0.39, 0.29) is 11.6 Å². The minimum absolute atomic E-state index is 0.148. The van der Waals surface area contributed by atoms with E-state index in [1.165, 1.54) is 6.07 Å². The van der Waals surface area contributed by atoms with Crippen molar-refractivity contribution >= 4 is 10.0 Å². The monoisotopic (exact) mass is 384 g/mol. The lowest BCUT2D eigenvalue weighted by molar-refractivity contribution is 0.230. The van der Waals surface area contributed by atoms with Crippen molar-refractivity contribution in [2.75, 3.05) is 25.9 Å². The van der Waals surface area contributed by atoms with Crippen LogP contribution in [0.3, 0.4) is 0 Å². The van der Waals surface area contributed by atoms with Gasteiger partial charge in [0.2, 0.25) is 10.0 Å². The largest absolute Gasteiger partial charge is 0.320 e. The van der Waals surface area contributed by atoms with E-state index in [2.05, 4.69) is 17.0 Å². The van der Waals surface area contributed by atoms with Crippen molar-refractivity contribution in [1.29, 1.82) is 0 Å². The molecule has 148 valence electrons. The molecule has 1 aliphatic carbocycles. The molecular formula is C20H33FN2O2S. The van der Waals surface area contributed by atoms with Gasteiger partial charge in [0.15, 0.2) is 0 Å². The molecule has 0 aromatic heterocycles. The average Bonchev–Trinajstić information content (AvgIpc) is 2.62. The highest BCUT2D eigenvalue weighted by Gasteiger charge is 2.32. The summed E-state index contributed by atoms with van der Waals surface area (Å²) < 4.78 is 41.1. The smallest absolute Gasteiger partial charge is 0.211 e. The van der Waals surface area contributed by atoms with Gasteiger partial charge in [-0.25, -0.2) is 17.5 Å². The van der Waals surface area contributed by atoms with Gasteiger partial charge in [-0.1, -0.05) is 25.5 Å². The van der Waals surface area contributed by atoms with Crippen molar-refractivity contribution in [3.8, 4) is 0 Å². The maximum Gasteiger partial charge on any atom is 0.211 e. The summed E-state index contributed by atoms with van der Waals surface area (Å²) in [6, 6.07) is 5.34. The van der Waals surface area contributed by atoms with Crippen LogP contribution in [0.25, 0.3) is 0 Å². The molecule has 0 heterocycles. The number of hydrogen-bond acceptors (Lipinski definition) is 3. The topological polar surface area (TPSA) is 58.2 Å². The molecule has 0 bridgehead atoms. The lowest BCUT2D eigenvalue weighted by atomic mass is 9.69. The van der Waals surface area contributed by atoms with Crippen molar-refractivity contribution < 1.29 is 12.8 Å². The van der Waals surface area contributed by atoms with Gasteiger partial charge in [-0.3, -0.25) is 0 Å². The number of sulfonamides is 1. The molecule has 3 unspecified atom stereocenters. The maximum absolute atomic E-state index is 14.0. The van der Waals surface area contributed by atoms with Gasteiger partial charge in [0, 0.05) is 6.54 Å². The van der Waals surface area contributed by atoms with Gasteiger partial charge >= 0.3 is 0 Å². The van der Waals surface area contributed by atoms with Gasteiger partial charge in [0.1, 0.15) is 5.82 Å². The standard InChI is InChI=1S/C20H33FN2O2S/c1-4-17-10-9-16(14-23-26(24,25)12-6-11-22-3)13-19(17)18-7-5-8-20(21)15(18)2/h5,7-8,16-17,19,22-23H,4,6,9-14H2,1-3H3. The molecule has 6 heteroatoms. The number of halogens is 1. The Labute approximate surface area is 158 Å². The van der Waals surface area contributed by atoms with E-state index >= 15 is 0 Å². The molecule has 0 amide bonds. The lowest BCUT2D eigenvalue weighted by Crippen LogP contribution is -2.35. The zero-order chi connectivity index (χ0) is 19.2. The number of nitrogens with one attached hydrogen (secondary N) is 2. The van der Waals surface area contributed by atoms with Crippen LogP contribution in [0.1, 0.15) is 56.1 Å². The molecule has 2 rings (SSSR count). The van der Waals surface area contributed by atoms with Crippen molar-refractivity contribution in [2.45, 2.75) is 51.9 Å². The molecule has 0 saturated heterocycles. The van der Waals surface area contributed by atoms with Crippen LogP contribution in [0.5, 0.6) is 0 Å². The van der Waals surface area contributed by atoms with Gasteiger partial charge in [-0.2, -0.15) is 0 Å². The Balaban J connectivity index is 2.01. The van der Waals surface area contributed by atoms with Crippen LogP contribution in [-0.2, 0) is 10.0 Å². The Bertz CT molecular complexity index is 678. The van der Waals surface area contributed by atoms with Crippen LogP contribution >= 0.6 is 0 Å². The SMILES string of the molecule is CCC1CCC(CNS(=O)(=O)CCCNC)CC1c1cccc(F)c1C. The third-order valence-corrected chi connectivity index (χ3v) is 7.20. The highest BCUT2D eigenvalue weighted by Crippen LogP contribution is 2.43. The molecule has 1 fully saturated rings. The fraction of sp³-hybridized carbons (Fsp3) is 0.700. The Morgan fingerprint density at radius 2 is 2.04 bits per heavy atom. The first kappa shape index (κ1) is 21.3. The van der Waals surface area contributed by atoms with Crippen LogP contribution in [-0.4, -0.2) is 34.3 Å². The molecule has 2 N–H and O–H groups in total. The van der Waals surface area contributed by atoms with Crippen LogP contribution in [0.15, 0.2) is 18.2 Å². The summed E-state index contributed by atoms with van der Waals surface area (Å²) in [5, 5.41) is 2.97. The molecule has 1 aromatic rings. The van der Waals surface area contributed by atoms with E-state index < -0.39 is 10.0 Å². The zero-order valence-electron chi connectivity index (χ0n) is 16.2. The highest BCUT2D eigenvalue weighted by molar-refractivity contribution is 7.89. The summed E-state index contributed by atoms with van der Waals surface area (Å²) in [6.07, 6.45) is 4.70. The Kier molecular flexibility index (Phi) is 8.05. The number of rotatable bonds is 9. The van der Waals surface area contributed by atoms with Crippen molar-refractivity contribution in [3.05, 3.63) is 35.1 Å². The first-order chi connectivity index (χ1) is 12.4. The van der Waals surface area contributed by atoms with Crippen LogP contribution < -0.4 is 10.0 Å². The van der Waals surface area contributed by atoms with Gasteiger partial charge in [-0.05, 0) is 81.1 Å². The van der Waals surface area contributed by atoms with E-state index in [0.29, 0.717) is 37.3 Å². The third-order valence-electron chi connectivity index (χ3n) is 5.77. The van der Waals surface area contributed by atoms with Crippen molar-refractivity contribution in [3.63, 3.8) is 0 Å². The Hall–Kier alpha value is -0.980. The molecule has 1 saturated carbocycles. The van der Waals surface area contributed by atoms with E-state index in [0.717, 1.165) is 36.8 Å². The van der Waals surface area contributed by atoms with Gasteiger partial charge < -0.3 is 5.32 Å². The van der Waals surface area contributed by atoms with E-state index in [9.17, 15) is 12.8 Å². The van der Waals surface area contributed by atoms with Crippen LogP contribution in [0.2, 0.25) is 0 Å². The highest BCUT2D eigenvalue weighted by atomic mass is 32.2. The second kappa shape index (κ2) is 9.81. The summed E-state index contributed by atoms with van der Waals surface area (Å²) >= 11 is 0. The van der Waals surface area contributed by atoms with Gasteiger partial charge in [0.05, 0.1) is 5.75 Å². The summed E-state index contributed by atoms with van der Waals surface area (Å²) in [5.74, 6) is 1.17. The molecule has 0 spiro atoms. The summed E-state index contributed by atoms with van der Waals surface area (Å²) in [4.78, 5) is 0. The first-order valence-corrected chi connectivity index (χ1v) is 11.4. The maximum atomic E-state index is 14.0. The predicted molar refractivity (Wildman–Crippen MR) is 105 cm³/mol. The van der Waals surface area contributed by atoms with E-state index in [1.807, 2.05) is 20.0 Å². The minimum Gasteiger partial charge on any atom is -0.320 e. The molecule has 4 nitrogen and oxygen atoms in total. The average molecular weight is 385 g/mol. The summed E-state index contributed by atoms with van der Waals surface area (Å²) in [6.45, 7) is 5.23. The molecule has 0 radical (unpaired) electrons. The molecule has 1 aromatic carbocycles. The number of benzene rings is 1. The molecular weight excluding hydrogens is 351 g/mol. The van der Waals surface area contributed by atoms with Crippen LogP contribution in [0, 0.1) is 24.6 Å². The van der Waals surface area contributed by atoms with Crippen molar-refractivity contribution in [1.82, 2.24) is 10.0 Å². The predicted octanol–water partition coefficient (Wildman–Crippen LogP) is 3.57. The van der Waals surface area contributed by atoms with Gasteiger partial charge in [0.25, 0.3) is 0 Å². The third kappa shape index (κ3) is 5.76. The second-order valence-electron chi connectivity index (χ2n) is 7.53. The fourth-order valence-electron chi connectivity index (χ4n) is 4.16. The van der Waals surface area contributed by atoms with Gasteiger partial charge in [-0.15, -0.1) is 0 Å². The molecule has 26 heavy (non-hydrogen) atoms. The molecule has 0 aliphatic heterocycles. The summed E-state index contributed by atoms with van der Waals surface area (Å²) in [5.41, 5.74) is 1.84. The molecule has 3 atom stereocenters. The first-order valence-electron chi connectivity index (χ1n) is 9.74. The number of hydrogen-bond donors (Lipinski definition) is 2. The fourth-order valence-corrected chi connectivity index (χ4v) is 5.32. The Morgan fingerprint density at radius 3 is 2.73 bits per heavy atom. The normalized spacial score (nSPS) is 23.9.